The number of carbonyl (C=O) groups is 2. The van der Waals surface area contributed by atoms with Gasteiger partial charge in [0.2, 0.25) is 5.91 Å². The number of amides is 3. The Balaban J connectivity index is 1.44. The molecule has 30 heavy (non-hydrogen) atoms. The van der Waals surface area contributed by atoms with Crippen LogP contribution in [0.4, 0.5) is 4.79 Å². The standard InChI is InChI=1S/C24H31N3O3/c1-18-4-6-19(7-5-18)17-26-23(29)27-14-12-24(2,13-15-27)22(28)25-16-20-8-10-21(30-3)11-9-20/h4-11H,12-17H2,1-3H3,(H,25,28)(H,26,29). The van der Waals surface area contributed by atoms with Crippen LogP contribution in [0.2, 0.25) is 0 Å². The average molecular weight is 410 g/mol. The van der Waals surface area contributed by atoms with Crippen LogP contribution in [0.3, 0.4) is 0 Å². The highest BCUT2D eigenvalue weighted by molar-refractivity contribution is 5.83. The Morgan fingerprint density at radius 2 is 1.47 bits per heavy atom. The number of nitrogens with zero attached hydrogens (tertiary/aromatic N) is 1. The summed E-state index contributed by atoms with van der Waals surface area (Å²) in [5.41, 5.74) is 2.85. The summed E-state index contributed by atoms with van der Waals surface area (Å²) in [5, 5.41) is 6.02. The van der Waals surface area contributed by atoms with Gasteiger partial charge in [0.05, 0.1) is 7.11 Å². The maximum absolute atomic E-state index is 12.8. The summed E-state index contributed by atoms with van der Waals surface area (Å²) < 4.78 is 5.16. The van der Waals surface area contributed by atoms with Crippen LogP contribution in [0.5, 0.6) is 5.75 Å². The number of hydrogen-bond acceptors (Lipinski definition) is 3. The maximum Gasteiger partial charge on any atom is 0.317 e. The lowest BCUT2D eigenvalue weighted by atomic mass is 9.79. The van der Waals surface area contributed by atoms with Gasteiger partial charge < -0.3 is 20.3 Å². The molecule has 3 rings (SSSR count). The molecule has 160 valence electrons. The smallest absolute Gasteiger partial charge is 0.317 e. The summed E-state index contributed by atoms with van der Waals surface area (Å²) in [6, 6.07) is 15.7. The molecule has 1 aliphatic rings. The highest BCUT2D eigenvalue weighted by atomic mass is 16.5. The maximum atomic E-state index is 12.8. The largest absolute Gasteiger partial charge is 0.497 e. The lowest BCUT2D eigenvalue weighted by Crippen LogP contribution is -2.50. The van der Waals surface area contributed by atoms with Crippen LogP contribution < -0.4 is 15.4 Å². The zero-order chi connectivity index (χ0) is 21.6. The second-order valence-corrected chi connectivity index (χ2v) is 8.22. The minimum Gasteiger partial charge on any atom is -0.497 e. The van der Waals surface area contributed by atoms with Crippen molar-refractivity contribution in [1.82, 2.24) is 15.5 Å². The van der Waals surface area contributed by atoms with E-state index in [0.29, 0.717) is 39.0 Å². The number of likely N-dealkylation sites (tertiary alicyclic amines) is 1. The molecular formula is C24H31N3O3. The van der Waals surface area contributed by atoms with Gasteiger partial charge in [-0.05, 0) is 43.0 Å². The Morgan fingerprint density at radius 3 is 2.03 bits per heavy atom. The zero-order valence-corrected chi connectivity index (χ0v) is 18.0. The Labute approximate surface area is 178 Å². The molecule has 2 aromatic carbocycles. The molecule has 0 spiro atoms. The Hall–Kier alpha value is -3.02. The molecule has 0 radical (unpaired) electrons. The van der Waals surface area contributed by atoms with Crippen molar-refractivity contribution in [3.05, 3.63) is 65.2 Å². The van der Waals surface area contributed by atoms with E-state index in [-0.39, 0.29) is 11.9 Å². The molecule has 0 aliphatic carbocycles. The minimum atomic E-state index is -0.458. The van der Waals surface area contributed by atoms with Crippen LogP contribution in [0.1, 0.15) is 36.5 Å². The monoisotopic (exact) mass is 409 g/mol. The van der Waals surface area contributed by atoms with Crippen molar-refractivity contribution in [3.63, 3.8) is 0 Å². The summed E-state index contributed by atoms with van der Waals surface area (Å²) in [6.07, 6.45) is 1.30. The predicted molar refractivity (Wildman–Crippen MR) is 117 cm³/mol. The van der Waals surface area contributed by atoms with Crippen molar-refractivity contribution in [2.45, 2.75) is 39.8 Å². The minimum absolute atomic E-state index is 0.0398. The molecule has 1 fully saturated rings. The summed E-state index contributed by atoms with van der Waals surface area (Å²) in [5.74, 6) is 0.836. The molecule has 1 aliphatic heterocycles. The van der Waals surface area contributed by atoms with Crippen LogP contribution in [0, 0.1) is 12.3 Å². The van der Waals surface area contributed by atoms with Gasteiger partial charge in [-0.2, -0.15) is 0 Å². The van der Waals surface area contributed by atoms with Crippen LogP contribution in [0.15, 0.2) is 48.5 Å². The van der Waals surface area contributed by atoms with Gasteiger partial charge in [-0.1, -0.05) is 48.9 Å². The van der Waals surface area contributed by atoms with E-state index in [9.17, 15) is 9.59 Å². The van der Waals surface area contributed by atoms with Gasteiger partial charge in [-0.15, -0.1) is 0 Å². The summed E-state index contributed by atoms with van der Waals surface area (Å²) in [7, 11) is 1.63. The third-order valence-corrected chi connectivity index (χ3v) is 5.88. The first-order valence-electron chi connectivity index (χ1n) is 10.4. The van der Waals surface area contributed by atoms with E-state index in [1.54, 1.807) is 12.0 Å². The van der Waals surface area contributed by atoms with Crippen LogP contribution in [0.25, 0.3) is 0 Å². The fourth-order valence-corrected chi connectivity index (χ4v) is 3.56. The molecule has 2 N–H and O–H groups in total. The summed E-state index contributed by atoms with van der Waals surface area (Å²) in [4.78, 5) is 27.1. The molecule has 0 bridgehead atoms. The highest BCUT2D eigenvalue weighted by Crippen LogP contribution is 2.31. The van der Waals surface area contributed by atoms with E-state index in [1.807, 2.05) is 62.4 Å². The SMILES string of the molecule is COc1ccc(CNC(=O)C2(C)CCN(C(=O)NCc3ccc(C)cc3)CC2)cc1. The van der Waals surface area contributed by atoms with E-state index in [0.717, 1.165) is 16.9 Å². The lowest BCUT2D eigenvalue weighted by molar-refractivity contribution is -0.132. The number of urea groups is 1. The van der Waals surface area contributed by atoms with E-state index < -0.39 is 5.41 Å². The van der Waals surface area contributed by atoms with E-state index in [4.69, 9.17) is 4.74 Å². The molecule has 0 aromatic heterocycles. The van der Waals surface area contributed by atoms with Crippen molar-refractivity contribution in [2.75, 3.05) is 20.2 Å². The van der Waals surface area contributed by atoms with E-state index in [1.165, 1.54) is 5.56 Å². The van der Waals surface area contributed by atoms with Crippen molar-refractivity contribution in [1.29, 1.82) is 0 Å². The predicted octanol–water partition coefficient (Wildman–Crippen LogP) is 3.63. The summed E-state index contributed by atoms with van der Waals surface area (Å²) in [6.45, 7) is 6.17. The molecule has 2 aromatic rings. The van der Waals surface area contributed by atoms with Gasteiger partial charge in [0.1, 0.15) is 5.75 Å². The number of piperidine rings is 1. The van der Waals surface area contributed by atoms with Crippen molar-refractivity contribution in [3.8, 4) is 5.75 Å². The second kappa shape index (κ2) is 9.65. The quantitative estimate of drug-likeness (QED) is 0.765. The molecule has 6 nitrogen and oxygen atoms in total. The number of benzene rings is 2. The zero-order valence-electron chi connectivity index (χ0n) is 18.0. The van der Waals surface area contributed by atoms with Gasteiger partial charge in [0.25, 0.3) is 0 Å². The van der Waals surface area contributed by atoms with Gasteiger partial charge in [-0.3, -0.25) is 4.79 Å². The molecular weight excluding hydrogens is 378 g/mol. The van der Waals surface area contributed by atoms with Crippen molar-refractivity contribution < 1.29 is 14.3 Å². The van der Waals surface area contributed by atoms with Crippen molar-refractivity contribution >= 4 is 11.9 Å². The molecule has 0 saturated carbocycles. The molecule has 0 atom stereocenters. The van der Waals surface area contributed by atoms with Gasteiger partial charge in [0.15, 0.2) is 0 Å². The van der Waals surface area contributed by atoms with Gasteiger partial charge >= 0.3 is 6.03 Å². The fraction of sp³-hybridized carbons (Fsp3) is 0.417. The van der Waals surface area contributed by atoms with Gasteiger partial charge in [0, 0.05) is 31.6 Å². The fourth-order valence-electron chi connectivity index (χ4n) is 3.56. The number of rotatable bonds is 6. The number of methoxy groups -OCH3 is 1. The van der Waals surface area contributed by atoms with Crippen LogP contribution in [-0.2, 0) is 17.9 Å². The molecule has 1 saturated heterocycles. The number of carbonyl (C=O) groups excluding carboxylic acids is 2. The Kier molecular flexibility index (Phi) is 6.98. The molecule has 3 amide bonds. The lowest BCUT2D eigenvalue weighted by Gasteiger charge is -2.38. The molecule has 6 heteroatoms. The van der Waals surface area contributed by atoms with E-state index in [2.05, 4.69) is 10.6 Å². The third kappa shape index (κ3) is 5.53. The topological polar surface area (TPSA) is 70.7 Å². The first-order chi connectivity index (χ1) is 14.4. The highest BCUT2D eigenvalue weighted by Gasteiger charge is 2.37. The third-order valence-electron chi connectivity index (χ3n) is 5.88. The second-order valence-electron chi connectivity index (χ2n) is 8.22. The number of nitrogens with one attached hydrogen (secondary N) is 2. The van der Waals surface area contributed by atoms with Crippen LogP contribution in [-0.4, -0.2) is 37.0 Å². The molecule has 0 unspecified atom stereocenters. The van der Waals surface area contributed by atoms with Gasteiger partial charge in [-0.25, -0.2) is 4.79 Å². The normalized spacial score (nSPS) is 15.4. The first kappa shape index (κ1) is 21.7. The first-order valence-corrected chi connectivity index (χ1v) is 10.4. The average Bonchev–Trinajstić information content (AvgIpc) is 2.77. The van der Waals surface area contributed by atoms with E-state index >= 15 is 0 Å². The number of aryl methyl sites for hydroxylation is 1. The summed E-state index contributed by atoms with van der Waals surface area (Å²) >= 11 is 0. The Morgan fingerprint density at radius 1 is 0.933 bits per heavy atom. The number of ether oxygens (including phenoxy) is 1. The van der Waals surface area contributed by atoms with Crippen LogP contribution >= 0.6 is 0 Å². The van der Waals surface area contributed by atoms with Crippen molar-refractivity contribution in [2.24, 2.45) is 5.41 Å². The molecule has 1 heterocycles. The Bertz CT molecular complexity index is 854. The number of hydrogen-bond donors (Lipinski definition) is 2.